The van der Waals surface area contributed by atoms with Gasteiger partial charge < -0.3 is 20.5 Å². The van der Waals surface area contributed by atoms with E-state index < -0.39 is 0 Å². The van der Waals surface area contributed by atoms with Crippen LogP contribution >= 0.6 is 22.6 Å². The van der Waals surface area contributed by atoms with E-state index in [2.05, 4.69) is 37.9 Å². The van der Waals surface area contributed by atoms with E-state index in [4.69, 9.17) is 15.2 Å². The summed E-state index contributed by atoms with van der Waals surface area (Å²) >= 11 is 2.25. The van der Waals surface area contributed by atoms with Crippen molar-refractivity contribution in [1.29, 1.82) is 0 Å². The molecule has 3 aromatic rings. The number of nitrogens with zero attached hydrogens (tertiary/aromatic N) is 2. The minimum Gasteiger partial charge on any atom is -0.497 e. The molecule has 3 rings (SSSR count). The lowest BCUT2D eigenvalue weighted by Gasteiger charge is -2.12. The number of benzene rings is 2. The van der Waals surface area contributed by atoms with Crippen molar-refractivity contribution in [2.24, 2.45) is 0 Å². The third kappa shape index (κ3) is 3.85. The van der Waals surface area contributed by atoms with Gasteiger partial charge in [-0.1, -0.05) is 0 Å². The molecule has 0 aliphatic rings. The number of methoxy groups -OCH3 is 1. The molecule has 0 atom stereocenters. The van der Waals surface area contributed by atoms with E-state index in [0.29, 0.717) is 23.1 Å². The van der Waals surface area contributed by atoms with E-state index in [-0.39, 0.29) is 0 Å². The van der Waals surface area contributed by atoms with Gasteiger partial charge in [0, 0.05) is 9.26 Å². The second-order valence-electron chi connectivity index (χ2n) is 4.85. The molecule has 24 heavy (non-hydrogen) atoms. The molecule has 0 saturated carbocycles. The monoisotopic (exact) mass is 434 g/mol. The third-order valence-electron chi connectivity index (χ3n) is 3.23. The van der Waals surface area contributed by atoms with Crippen LogP contribution in [-0.2, 0) is 0 Å². The number of anilines is 3. The zero-order chi connectivity index (χ0) is 16.9. The fraction of sp³-hybridized carbons (Fsp3) is 0.0588. The van der Waals surface area contributed by atoms with E-state index in [1.807, 2.05) is 24.3 Å². The number of halogens is 1. The van der Waals surface area contributed by atoms with Crippen molar-refractivity contribution in [1.82, 2.24) is 9.97 Å². The third-order valence-corrected chi connectivity index (χ3v) is 3.95. The predicted octanol–water partition coefficient (Wildman–Crippen LogP) is 4.21. The highest BCUT2D eigenvalue weighted by Crippen LogP contribution is 2.31. The number of nitrogens with two attached hydrogens (primary N) is 1. The molecular weight excluding hydrogens is 419 g/mol. The smallest absolute Gasteiger partial charge is 0.248 e. The average molecular weight is 434 g/mol. The predicted molar refractivity (Wildman–Crippen MR) is 102 cm³/mol. The molecule has 0 aliphatic carbocycles. The molecule has 1 heterocycles. The van der Waals surface area contributed by atoms with Gasteiger partial charge in [0.05, 0.1) is 7.11 Å². The quantitative estimate of drug-likeness (QED) is 0.586. The Morgan fingerprint density at radius 1 is 0.958 bits per heavy atom. The molecular formula is C17H15IN4O2. The first-order valence-electron chi connectivity index (χ1n) is 7.10. The van der Waals surface area contributed by atoms with Crippen LogP contribution in [0.15, 0.2) is 54.9 Å². The standard InChI is InChI=1S/C17H15IN4O2/c1-23-13-6-8-14(9-7-13)24-17-15(19)16(20-10-21-17)22-12-4-2-11(18)3-5-12/h2-10H,19H2,1H3,(H,20,21,22). The zero-order valence-electron chi connectivity index (χ0n) is 12.9. The first-order valence-corrected chi connectivity index (χ1v) is 8.18. The van der Waals surface area contributed by atoms with Gasteiger partial charge in [-0.3, -0.25) is 0 Å². The summed E-state index contributed by atoms with van der Waals surface area (Å²) in [6.45, 7) is 0. The topological polar surface area (TPSA) is 82.3 Å². The van der Waals surface area contributed by atoms with Gasteiger partial charge >= 0.3 is 0 Å². The van der Waals surface area contributed by atoms with Crippen molar-refractivity contribution in [3.05, 3.63) is 58.4 Å². The Hall–Kier alpha value is -2.55. The van der Waals surface area contributed by atoms with Crippen molar-refractivity contribution in [2.45, 2.75) is 0 Å². The summed E-state index contributed by atoms with van der Waals surface area (Å²) < 4.78 is 12.0. The molecule has 0 unspecified atom stereocenters. The van der Waals surface area contributed by atoms with Gasteiger partial charge in [0.2, 0.25) is 5.88 Å². The maximum atomic E-state index is 6.13. The van der Waals surface area contributed by atoms with E-state index >= 15 is 0 Å². The van der Waals surface area contributed by atoms with Crippen molar-refractivity contribution in [2.75, 3.05) is 18.2 Å². The summed E-state index contributed by atoms with van der Waals surface area (Å²) in [4.78, 5) is 8.28. The molecule has 0 spiro atoms. The van der Waals surface area contributed by atoms with Gasteiger partial charge in [-0.15, -0.1) is 0 Å². The minimum absolute atomic E-state index is 0.295. The average Bonchev–Trinajstić information content (AvgIpc) is 2.61. The maximum absolute atomic E-state index is 6.13. The van der Waals surface area contributed by atoms with Gasteiger partial charge in [0.25, 0.3) is 0 Å². The highest BCUT2D eigenvalue weighted by Gasteiger charge is 2.11. The van der Waals surface area contributed by atoms with Crippen LogP contribution in [0.3, 0.4) is 0 Å². The lowest BCUT2D eigenvalue weighted by molar-refractivity contribution is 0.412. The Balaban J connectivity index is 1.80. The first kappa shape index (κ1) is 16.3. The largest absolute Gasteiger partial charge is 0.497 e. The van der Waals surface area contributed by atoms with E-state index in [0.717, 1.165) is 15.0 Å². The summed E-state index contributed by atoms with van der Waals surface area (Å²) in [5.74, 6) is 2.15. The number of hydrogen-bond acceptors (Lipinski definition) is 6. The Kier molecular flexibility index (Phi) is 4.99. The van der Waals surface area contributed by atoms with Crippen molar-refractivity contribution >= 4 is 39.8 Å². The number of aromatic nitrogens is 2. The van der Waals surface area contributed by atoms with Crippen molar-refractivity contribution < 1.29 is 9.47 Å². The highest BCUT2D eigenvalue weighted by atomic mass is 127. The normalized spacial score (nSPS) is 10.2. The molecule has 1 aromatic heterocycles. The number of rotatable bonds is 5. The molecule has 6 nitrogen and oxygen atoms in total. The molecule has 0 amide bonds. The summed E-state index contributed by atoms with van der Waals surface area (Å²) in [6.07, 6.45) is 1.41. The van der Waals surface area contributed by atoms with Gasteiger partial charge in [-0.05, 0) is 71.1 Å². The second-order valence-corrected chi connectivity index (χ2v) is 6.10. The molecule has 0 radical (unpaired) electrons. The first-order chi connectivity index (χ1) is 11.7. The van der Waals surface area contributed by atoms with Crippen LogP contribution < -0.4 is 20.5 Å². The molecule has 0 fully saturated rings. The molecule has 3 N–H and O–H groups in total. The molecule has 7 heteroatoms. The van der Waals surface area contributed by atoms with Crippen molar-refractivity contribution in [3.63, 3.8) is 0 Å². The minimum atomic E-state index is 0.295. The SMILES string of the molecule is COc1ccc(Oc2ncnc(Nc3ccc(I)cc3)c2N)cc1. The number of hydrogen-bond donors (Lipinski definition) is 2. The summed E-state index contributed by atoms with van der Waals surface area (Å²) in [6, 6.07) is 15.1. The lowest BCUT2D eigenvalue weighted by atomic mass is 10.3. The molecule has 0 aliphatic heterocycles. The number of ether oxygens (including phenoxy) is 2. The van der Waals surface area contributed by atoms with Crippen LogP contribution in [0.1, 0.15) is 0 Å². The van der Waals surface area contributed by atoms with Crippen LogP contribution in [0, 0.1) is 3.57 Å². The van der Waals surface area contributed by atoms with Gasteiger partial charge in [-0.2, -0.15) is 4.98 Å². The van der Waals surface area contributed by atoms with Crippen molar-refractivity contribution in [3.8, 4) is 17.4 Å². The Morgan fingerprint density at radius 2 is 1.62 bits per heavy atom. The van der Waals surface area contributed by atoms with Crippen LogP contribution in [-0.4, -0.2) is 17.1 Å². The van der Waals surface area contributed by atoms with E-state index in [1.165, 1.54) is 6.33 Å². The highest BCUT2D eigenvalue weighted by molar-refractivity contribution is 14.1. The Bertz CT molecular complexity index is 823. The zero-order valence-corrected chi connectivity index (χ0v) is 15.0. The van der Waals surface area contributed by atoms with Gasteiger partial charge in [0.15, 0.2) is 5.82 Å². The maximum Gasteiger partial charge on any atom is 0.248 e. The van der Waals surface area contributed by atoms with Gasteiger partial charge in [-0.25, -0.2) is 4.98 Å². The summed E-state index contributed by atoms with van der Waals surface area (Å²) in [7, 11) is 1.61. The summed E-state index contributed by atoms with van der Waals surface area (Å²) in [5, 5.41) is 3.16. The number of nitrogens with one attached hydrogen (secondary N) is 1. The fourth-order valence-electron chi connectivity index (χ4n) is 1.99. The molecule has 0 saturated heterocycles. The van der Waals surface area contributed by atoms with E-state index in [1.54, 1.807) is 31.4 Å². The Labute approximate surface area is 153 Å². The lowest BCUT2D eigenvalue weighted by Crippen LogP contribution is -2.03. The second kappa shape index (κ2) is 7.35. The van der Waals surface area contributed by atoms with E-state index in [9.17, 15) is 0 Å². The van der Waals surface area contributed by atoms with Crippen LogP contribution in [0.2, 0.25) is 0 Å². The molecule has 122 valence electrons. The van der Waals surface area contributed by atoms with Gasteiger partial charge in [0.1, 0.15) is 23.5 Å². The Morgan fingerprint density at radius 3 is 2.29 bits per heavy atom. The van der Waals surface area contributed by atoms with Crippen LogP contribution in [0.25, 0.3) is 0 Å². The number of nitrogen functional groups attached to an aromatic ring is 1. The van der Waals surface area contributed by atoms with Crippen LogP contribution in [0.5, 0.6) is 17.4 Å². The molecule has 2 aromatic carbocycles. The molecule has 0 bridgehead atoms. The summed E-state index contributed by atoms with van der Waals surface area (Å²) in [5.41, 5.74) is 7.35. The van der Waals surface area contributed by atoms with Crippen LogP contribution in [0.4, 0.5) is 17.2 Å². The fourth-order valence-corrected chi connectivity index (χ4v) is 2.35.